The van der Waals surface area contributed by atoms with Crippen LogP contribution in [0.3, 0.4) is 0 Å². The quantitative estimate of drug-likeness (QED) is 0.318. The molecule has 2 N–H and O–H groups in total. The Labute approximate surface area is 210 Å². The van der Waals surface area contributed by atoms with Crippen LogP contribution in [0.2, 0.25) is 0 Å². The van der Waals surface area contributed by atoms with E-state index in [9.17, 15) is 0 Å². The molecule has 0 amide bonds. The number of benzene rings is 1. The van der Waals surface area contributed by atoms with E-state index in [1.165, 1.54) is 11.3 Å². The average Bonchev–Trinajstić information content (AvgIpc) is 3.53. The third-order valence-corrected chi connectivity index (χ3v) is 7.01. The van der Waals surface area contributed by atoms with Crippen LogP contribution >= 0.6 is 11.3 Å². The lowest BCUT2D eigenvalue weighted by Crippen LogP contribution is -2.38. The maximum Gasteiger partial charge on any atom is 0.324 e. The van der Waals surface area contributed by atoms with Crippen molar-refractivity contribution in [2.24, 2.45) is 5.92 Å². The summed E-state index contributed by atoms with van der Waals surface area (Å²) in [5, 5.41) is 4.75. The molecule has 9 heteroatoms. The SMILES string of the molecule is CC.CC(C)c1noc(N2CCC(C(C)Oc3nc4ccc(-c5ccc(N)cc5)nc4s3)CC2)n1. The van der Waals surface area contributed by atoms with E-state index in [1.54, 1.807) is 0 Å². The van der Waals surface area contributed by atoms with Gasteiger partial charge in [0.2, 0.25) is 0 Å². The molecule has 4 heterocycles. The highest BCUT2D eigenvalue weighted by atomic mass is 32.1. The summed E-state index contributed by atoms with van der Waals surface area (Å²) in [7, 11) is 0. The van der Waals surface area contributed by atoms with Gasteiger partial charge in [-0.2, -0.15) is 4.98 Å². The number of fused-ring (bicyclic) bond motifs is 1. The molecule has 1 aromatic carbocycles. The first-order chi connectivity index (χ1) is 17.0. The fourth-order valence-electron chi connectivity index (χ4n) is 4.07. The number of anilines is 2. The number of thiazole rings is 1. The Kier molecular flexibility index (Phi) is 7.85. The van der Waals surface area contributed by atoms with Gasteiger partial charge in [-0.3, -0.25) is 0 Å². The smallest absolute Gasteiger partial charge is 0.324 e. The molecule has 0 bridgehead atoms. The standard InChI is InChI=1S/C24H28N6O2S.C2H6/c1-14(2)21-28-23(32-29-21)30-12-10-16(11-13-30)15(3)31-24-27-20-9-8-19(26-22(20)33-24)17-4-6-18(25)7-5-17;1-2/h4-9,14-16H,10-13,25H2,1-3H3;1-2H3. The number of pyridine rings is 1. The van der Waals surface area contributed by atoms with Crippen LogP contribution in [0, 0.1) is 5.92 Å². The molecule has 4 aromatic rings. The van der Waals surface area contributed by atoms with E-state index in [0.717, 1.165) is 59.0 Å². The topological polar surface area (TPSA) is 103 Å². The predicted octanol–water partition coefficient (Wildman–Crippen LogP) is 6.16. The monoisotopic (exact) mass is 494 g/mol. The maximum atomic E-state index is 6.26. The summed E-state index contributed by atoms with van der Waals surface area (Å²) < 4.78 is 11.7. The molecule has 1 atom stereocenters. The van der Waals surface area contributed by atoms with Crippen molar-refractivity contribution in [1.82, 2.24) is 20.1 Å². The van der Waals surface area contributed by atoms with Crippen molar-refractivity contribution in [3.63, 3.8) is 0 Å². The third kappa shape index (κ3) is 5.73. The Morgan fingerprint density at radius 3 is 2.37 bits per heavy atom. The van der Waals surface area contributed by atoms with E-state index in [2.05, 4.69) is 40.8 Å². The van der Waals surface area contributed by atoms with Gasteiger partial charge >= 0.3 is 6.01 Å². The number of nitrogens with two attached hydrogens (primary N) is 1. The Morgan fingerprint density at radius 1 is 1.00 bits per heavy atom. The molecule has 0 spiro atoms. The molecule has 0 radical (unpaired) electrons. The number of ether oxygens (including phenoxy) is 1. The summed E-state index contributed by atoms with van der Waals surface area (Å²) >= 11 is 1.49. The molecule has 1 unspecified atom stereocenters. The molecule has 5 rings (SSSR count). The minimum absolute atomic E-state index is 0.0678. The molecule has 1 aliphatic heterocycles. The fraction of sp³-hybridized carbons (Fsp3) is 0.462. The molecular formula is C26H34N6O2S. The second kappa shape index (κ2) is 11.0. The normalized spacial score (nSPS) is 15.2. The maximum absolute atomic E-state index is 6.26. The van der Waals surface area contributed by atoms with Gasteiger partial charge in [0, 0.05) is 30.3 Å². The first-order valence-electron chi connectivity index (χ1n) is 12.3. The number of hydrogen-bond acceptors (Lipinski definition) is 9. The van der Waals surface area contributed by atoms with E-state index in [1.807, 2.05) is 50.2 Å². The van der Waals surface area contributed by atoms with Crippen molar-refractivity contribution in [2.45, 2.75) is 59.5 Å². The van der Waals surface area contributed by atoms with Gasteiger partial charge in [-0.15, -0.1) is 0 Å². The largest absolute Gasteiger partial charge is 0.467 e. The van der Waals surface area contributed by atoms with Crippen molar-refractivity contribution in [3.8, 4) is 16.5 Å². The van der Waals surface area contributed by atoms with Gasteiger partial charge in [0.1, 0.15) is 16.5 Å². The molecule has 8 nitrogen and oxygen atoms in total. The summed E-state index contributed by atoms with van der Waals surface area (Å²) in [6, 6.07) is 12.3. The molecule has 3 aromatic heterocycles. The minimum atomic E-state index is 0.0678. The van der Waals surface area contributed by atoms with Crippen LogP contribution in [-0.4, -0.2) is 39.3 Å². The van der Waals surface area contributed by atoms with Crippen LogP contribution in [-0.2, 0) is 0 Å². The molecule has 0 saturated carbocycles. The van der Waals surface area contributed by atoms with Gasteiger partial charge in [0.25, 0.3) is 5.19 Å². The predicted molar refractivity (Wildman–Crippen MR) is 142 cm³/mol. The number of rotatable bonds is 6. The van der Waals surface area contributed by atoms with Crippen molar-refractivity contribution in [1.29, 1.82) is 0 Å². The molecule has 1 saturated heterocycles. The van der Waals surface area contributed by atoms with Crippen LogP contribution in [0.25, 0.3) is 21.6 Å². The van der Waals surface area contributed by atoms with Gasteiger partial charge in [0.05, 0.1) is 5.69 Å². The summed E-state index contributed by atoms with van der Waals surface area (Å²) in [5.41, 5.74) is 9.33. The summed E-state index contributed by atoms with van der Waals surface area (Å²) in [6.07, 6.45) is 2.08. The number of hydrogen-bond donors (Lipinski definition) is 1. The lowest BCUT2D eigenvalue weighted by atomic mass is 9.92. The second-order valence-electron chi connectivity index (χ2n) is 8.86. The number of piperidine rings is 1. The van der Waals surface area contributed by atoms with Crippen molar-refractivity contribution < 1.29 is 9.26 Å². The highest BCUT2D eigenvalue weighted by Gasteiger charge is 2.28. The Balaban J connectivity index is 0.00000141. The molecular weight excluding hydrogens is 460 g/mol. The van der Waals surface area contributed by atoms with Crippen LogP contribution in [0.15, 0.2) is 40.9 Å². The van der Waals surface area contributed by atoms with Gasteiger partial charge in [-0.25, -0.2) is 9.97 Å². The molecule has 1 fully saturated rings. The van der Waals surface area contributed by atoms with Crippen LogP contribution in [0.5, 0.6) is 5.19 Å². The number of nitrogens with zero attached hydrogens (tertiary/aromatic N) is 5. The Morgan fingerprint density at radius 2 is 1.71 bits per heavy atom. The van der Waals surface area contributed by atoms with E-state index in [4.69, 9.17) is 20.0 Å². The number of aromatic nitrogens is 4. The molecule has 35 heavy (non-hydrogen) atoms. The second-order valence-corrected chi connectivity index (χ2v) is 9.80. The van der Waals surface area contributed by atoms with E-state index in [-0.39, 0.29) is 12.0 Å². The van der Waals surface area contributed by atoms with Gasteiger partial charge in [-0.05, 0) is 49.9 Å². The highest BCUT2D eigenvalue weighted by Crippen LogP contribution is 2.32. The van der Waals surface area contributed by atoms with E-state index in [0.29, 0.717) is 17.1 Å². The minimum Gasteiger partial charge on any atom is -0.467 e. The van der Waals surface area contributed by atoms with E-state index >= 15 is 0 Å². The van der Waals surface area contributed by atoms with Gasteiger partial charge in [-0.1, -0.05) is 56.3 Å². The van der Waals surface area contributed by atoms with Gasteiger partial charge < -0.3 is 19.9 Å². The lowest BCUT2D eigenvalue weighted by Gasteiger charge is -2.33. The summed E-state index contributed by atoms with van der Waals surface area (Å²) in [6.45, 7) is 12.0. The highest BCUT2D eigenvalue weighted by molar-refractivity contribution is 7.19. The van der Waals surface area contributed by atoms with Crippen molar-refractivity contribution >= 4 is 33.4 Å². The zero-order chi connectivity index (χ0) is 24.9. The zero-order valence-corrected chi connectivity index (χ0v) is 21.9. The number of nitrogen functional groups attached to an aromatic ring is 1. The zero-order valence-electron chi connectivity index (χ0n) is 21.1. The first kappa shape index (κ1) is 24.9. The van der Waals surface area contributed by atoms with Gasteiger partial charge in [0.15, 0.2) is 5.82 Å². The Hall–Kier alpha value is -3.20. The van der Waals surface area contributed by atoms with E-state index < -0.39 is 0 Å². The summed E-state index contributed by atoms with van der Waals surface area (Å²) in [5.74, 6) is 1.46. The molecule has 1 aliphatic rings. The summed E-state index contributed by atoms with van der Waals surface area (Å²) in [4.78, 5) is 17.0. The van der Waals surface area contributed by atoms with Crippen LogP contribution < -0.4 is 15.4 Å². The third-order valence-electron chi connectivity index (χ3n) is 6.15. The molecule has 186 valence electrons. The van der Waals surface area contributed by atoms with Crippen molar-refractivity contribution in [2.75, 3.05) is 23.7 Å². The van der Waals surface area contributed by atoms with Crippen molar-refractivity contribution in [3.05, 3.63) is 42.2 Å². The molecule has 0 aliphatic carbocycles. The Bertz CT molecular complexity index is 1230. The first-order valence-corrected chi connectivity index (χ1v) is 13.2. The average molecular weight is 495 g/mol. The van der Waals surface area contributed by atoms with Crippen LogP contribution in [0.4, 0.5) is 11.7 Å². The lowest BCUT2D eigenvalue weighted by molar-refractivity contribution is 0.131. The fourth-order valence-corrected chi connectivity index (χ4v) is 4.94. The van der Waals surface area contributed by atoms with Crippen LogP contribution in [0.1, 0.15) is 59.2 Å².